The van der Waals surface area contributed by atoms with Gasteiger partial charge in [-0.25, -0.2) is 4.79 Å². The van der Waals surface area contributed by atoms with Gasteiger partial charge in [-0.2, -0.15) is 5.01 Å². The molecule has 0 radical (unpaired) electrons. The lowest BCUT2D eigenvalue weighted by Gasteiger charge is -2.35. The normalized spacial score (nSPS) is 22.5. The topological polar surface area (TPSA) is 81.8 Å². The Hall–Kier alpha value is -3.01. The second-order valence-corrected chi connectivity index (χ2v) is 10.8. The molecule has 0 spiro atoms. The molecule has 176 valence electrons. The molecule has 7 nitrogen and oxygen atoms in total. The van der Waals surface area contributed by atoms with Crippen molar-refractivity contribution in [3.63, 3.8) is 0 Å². The zero-order valence-corrected chi connectivity index (χ0v) is 20.5. The molecule has 0 unspecified atom stereocenters. The minimum atomic E-state index is -1.06. The number of hydrogen-bond acceptors (Lipinski definition) is 6. The van der Waals surface area contributed by atoms with Crippen molar-refractivity contribution in [1.29, 1.82) is 0 Å². The zero-order valence-electron chi connectivity index (χ0n) is 18.8. The maximum absolute atomic E-state index is 13.1. The maximum Gasteiger partial charge on any atom is 0.344 e. The number of fused-ring (bicyclic) bond motifs is 1. The predicted molar refractivity (Wildman–Crippen MR) is 132 cm³/mol. The average molecular weight is 495 g/mol. The molecule has 9 heteroatoms. The zero-order chi connectivity index (χ0) is 23.7. The predicted octanol–water partition coefficient (Wildman–Crippen LogP) is 3.73. The van der Waals surface area contributed by atoms with E-state index in [2.05, 4.69) is 33.2 Å². The molecule has 0 saturated carbocycles. The lowest BCUT2D eigenvalue weighted by atomic mass is 9.93. The number of hydrazine groups is 1. The molecule has 2 aromatic heterocycles. The lowest BCUT2D eigenvalue weighted by molar-refractivity contribution is -0.139. The van der Waals surface area contributed by atoms with Crippen LogP contribution in [0.3, 0.4) is 0 Å². The number of carbonyl (C=O) groups is 3. The summed E-state index contributed by atoms with van der Waals surface area (Å²) in [4.78, 5) is 43.3. The van der Waals surface area contributed by atoms with E-state index in [-0.39, 0.29) is 18.5 Å². The standard InChI is InChI=1S/C25H26N4O3S2/c1-25(12-9-17-6-3-2-4-7-17)23(31)29(24(32)26-25)27-21(30)16-28-13-10-19-18(11-15-34-19)22(28)20-8-5-14-33-20/h2-8,11,14-15,22H,9-10,12-13,16H2,1H3,(H,26,32)(H,27,30)/t22-,25+/m0/s1. The third-order valence-corrected chi connectivity index (χ3v) is 8.40. The molecule has 1 fully saturated rings. The van der Waals surface area contributed by atoms with E-state index in [9.17, 15) is 14.4 Å². The van der Waals surface area contributed by atoms with E-state index in [1.807, 2.05) is 41.8 Å². The molecule has 2 aliphatic heterocycles. The van der Waals surface area contributed by atoms with E-state index >= 15 is 0 Å². The molecular weight excluding hydrogens is 468 g/mol. The van der Waals surface area contributed by atoms with Gasteiger partial charge in [0.05, 0.1) is 12.6 Å². The van der Waals surface area contributed by atoms with Crippen LogP contribution in [-0.2, 0) is 22.4 Å². The van der Waals surface area contributed by atoms with Crippen molar-refractivity contribution in [3.05, 3.63) is 80.2 Å². The molecule has 34 heavy (non-hydrogen) atoms. The molecule has 1 saturated heterocycles. The average Bonchev–Trinajstić information content (AvgIpc) is 3.57. The van der Waals surface area contributed by atoms with E-state index in [0.717, 1.165) is 23.5 Å². The van der Waals surface area contributed by atoms with Gasteiger partial charge >= 0.3 is 6.03 Å². The summed E-state index contributed by atoms with van der Waals surface area (Å²) in [6.45, 7) is 2.53. The summed E-state index contributed by atoms with van der Waals surface area (Å²) in [7, 11) is 0. The number of nitrogens with zero attached hydrogens (tertiary/aromatic N) is 2. The van der Waals surface area contributed by atoms with Gasteiger partial charge < -0.3 is 5.32 Å². The van der Waals surface area contributed by atoms with Crippen LogP contribution in [0.2, 0.25) is 0 Å². The minimum absolute atomic E-state index is 0.00000521. The van der Waals surface area contributed by atoms with Crippen LogP contribution in [0.25, 0.3) is 0 Å². The summed E-state index contributed by atoms with van der Waals surface area (Å²) in [6.07, 6.45) is 1.97. The maximum atomic E-state index is 13.1. The van der Waals surface area contributed by atoms with Crippen LogP contribution < -0.4 is 10.7 Å². The summed E-state index contributed by atoms with van der Waals surface area (Å²) in [6, 6.07) is 15.5. The van der Waals surface area contributed by atoms with Gasteiger partial charge in [-0.3, -0.25) is 19.9 Å². The van der Waals surface area contributed by atoms with E-state index < -0.39 is 17.5 Å². The number of rotatable bonds is 7. The quantitative estimate of drug-likeness (QED) is 0.491. The molecule has 4 amide bonds. The molecular formula is C25H26N4O3S2. The summed E-state index contributed by atoms with van der Waals surface area (Å²) >= 11 is 3.42. The van der Waals surface area contributed by atoms with Crippen LogP contribution in [0.4, 0.5) is 4.79 Å². The number of thiophene rings is 2. The molecule has 2 N–H and O–H groups in total. The SMILES string of the molecule is C[C@]1(CCc2ccccc2)NC(=O)N(NC(=O)CN2CCc3sccc3[C@H]2c2cccs2)C1=O. The van der Waals surface area contributed by atoms with E-state index in [4.69, 9.17) is 0 Å². The van der Waals surface area contributed by atoms with Crippen LogP contribution in [-0.4, -0.2) is 46.4 Å². The Morgan fingerprint density at radius 1 is 1.12 bits per heavy atom. The molecule has 3 aromatic rings. The first-order chi connectivity index (χ1) is 16.4. The number of benzene rings is 1. The second kappa shape index (κ2) is 9.32. The van der Waals surface area contributed by atoms with Crippen LogP contribution in [0, 0.1) is 0 Å². The molecule has 0 bridgehead atoms. The Labute approximate surface area is 206 Å². The summed E-state index contributed by atoms with van der Waals surface area (Å²) in [5, 5.41) is 7.74. The van der Waals surface area contributed by atoms with Gasteiger partial charge in [0.25, 0.3) is 11.8 Å². The largest absolute Gasteiger partial charge is 0.344 e. The molecule has 4 heterocycles. The number of urea groups is 1. The monoisotopic (exact) mass is 494 g/mol. The fourth-order valence-electron chi connectivity index (χ4n) is 4.66. The fraction of sp³-hybridized carbons (Fsp3) is 0.320. The Morgan fingerprint density at radius 3 is 2.71 bits per heavy atom. The highest BCUT2D eigenvalue weighted by Gasteiger charge is 2.48. The van der Waals surface area contributed by atoms with Gasteiger partial charge in [0.15, 0.2) is 0 Å². The van der Waals surface area contributed by atoms with E-state index in [1.54, 1.807) is 29.6 Å². The van der Waals surface area contributed by atoms with Gasteiger partial charge in [-0.15, -0.1) is 22.7 Å². The van der Waals surface area contributed by atoms with Gasteiger partial charge in [-0.1, -0.05) is 36.4 Å². The van der Waals surface area contributed by atoms with Crippen molar-refractivity contribution in [2.24, 2.45) is 0 Å². The molecule has 0 aliphatic carbocycles. The third-order valence-electron chi connectivity index (χ3n) is 6.48. The van der Waals surface area contributed by atoms with Crippen LogP contribution >= 0.6 is 22.7 Å². The van der Waals surface area contributed by atoms with Crippen LogP contribution in [0.5, 0.6) is 0 Å². The first-order valence-corrected chi connectivity index (χ1v) is 13.0. The minimum Gasteiger partial charge on any atom is -0.322 e. The van der Waals surface area contributed by atoms with Gasteiger partial charge in [0.1, 0.15) is 5.54 Å². The number of aryl methyl sites for hydroxylation is 1. The molecule has 2 atom stereocenters. The highest BCUT2D eigenvalue weighted by Crippen LogP contribution is 2.39. The highest BCUT2D eigenvalue weighted by atomic mass is 32.1. The Bertz CT molecular complexity index is 1190. The smallest absolute Gasteiger partial charge is 0.322 e. The summed E-state index contributed by atoms with van der Waals surface area (Å²) < 4.78 is 0. The molecule has 1 aromatic carbocycles. The van der Waals surface area contributed by atoms with Crippen LogP contribution in [0.1, 0.15) is 40.3 Å². The van der Waals surface area contributed by atoms with Crippen molar-refractivity contribution in [2.45, 2.75) is 37.8 Å². The van der Waals surface area contributed by atoms with E-state index in [1.165, 1.54) is 15.3 Å². The first-order valence-electron chi connectivity index (χ1n) is 11.3. The fourth-order valence-corrected chi connectivity index (χ4v) is 6.44. The van der Waals surface area contributed by atoms with Crippen LogP contribution in [0.15, 0.2) is 59.3 Å². The summed E-state index contributed by atoms with van der Waals surface area (Å²) in [5.74, 6) is -0.814. The van der Waals surface area contributed by atoms with Gasteiger partial charge in [-0.05, 0) is 60.2 Å². The number of amides is 4. The Kier molecular flexibility index (Phi) is 6.24. The molecule has 5 rings (SSSR count). The van der Waals surface area contributed by atoms with Gasteiger partial charge in [0, 0.05) is 16.3 Å². The number of imide groups is 1. The molecule has 2 aliphatic rings. The Morgan fingerprint density at radius 2 is 1.94 bits per heavy atom. The van der Waals surface area contributed by atoms with E-state index in [0.29, 0.717) is 12.8 Å². The van der Waals surface area contributed by atoms with Crippen molar-refractivity contribution in [1.82, 2.24) is 20.7 Å². The highest BCUT2D eigenvalue weighted by molar-refractivity contribution is 7.10. The lowest BCUT2D eigenvalue weighted by Crippen LogP contribution is -2.52. The number of carbonyl (C=O) groups excluding carboxylic acids is 3. The Balaban J connectivity index is 1.25. The van der Waals surface area contributed by atoms with Crippen molar-refractivity contribution < 1.29 is 14.4 Å². The summed E-state index contributed by atoms with van der Waals surface area (Å²) in [5.41, 5.74) is 3.82. The van der Waals surface area contributed by atoms with Gasteiger partial charge in [0.2, 0.25) is 0 Å². The second-order valence-electron chi connectivity index (χ2n) is 8.86. The third kappa shape index (κ3) is 4.38. The van der Waals surface area contributed by atoms with Crippen molar-refractivity contribution in [2.75, 3.05) is 13.1 Å². The number of hydrogen-bond donors (Lipinski definition) is 2. The number of nitrogens with one attached hydrogen (secondary N) is 2. The van der Waals surface area contributed by atoms with Crippen molar-refractivity contribution >= 4 is 40.5 Å². The first kappa shape index (κ1) is 22.8. The van der Waals surface area contributed by atoms with Crippen molar-refractivity contribution in [3.8, 4) is 0 Å².